The van der Waals surface area contributed by atoms with Gasteiger partial charge in [0, 0.05) is 17.1 Å². The van der Waals surface area contributed by atoms with Gasteiger partial charge in [-0.15, -0.1) is 10.2 Å². The number of aryl methyl sites for hydroxylation is 1. The van der Waals surface area contributed by atoms with Crippen LogP contribution in [0, 0.1) is 6.92 Å². The van der Waals surface area contributed by atoms with E-state index in [1.807, 2.05) is 13.1 Å². The Hall–Kier alpha value is -0.980. The van der Waals surface area contributed by atoms with Gasteiger partial charge in [-0.3, -0.25) is 4.98 Å². The van der Waals surface area contributed by atoms with Crippen molar-refractivity contribution in [1.29, 1.82) is 0 Å². The van der Waals surface area contributed by atoms with E-state index in [0.29, 0.717) is 6.04 Å². The maximum absolute atomic E-state index is 4.54. The molecule has 6 heteroatoms. The SMILES string of the molecule is CCNC(CC)c1ccc(Sc2nnc(C)s2)cn1. The summed E-state index contributed by atoms with van der Waals surface area (Å²) in [4.78, 5) is 5.65. The minimum atomic E-state index is 0.341. The summed E-state index contributed by atoms with van der Waals surface area (Å²) >= 11 is 3.22. The number of hydrogen-bond donors (Lipinski definition) is 1. The molecule has 0 aliphatic rings. The Labute approximate surface area is 122 Å². The number of nitrogens with one attached hydrogen (secondary N) is 1. The van der Waals surface area contributed by atoms with Gasteiger partial charge in [0.2, 0.25) is 0 Å². The van der Waals surface area contributed by atoms with Crippen molar-refractivity contribution in [2.75, 3.05) is 6.54 Å². The Morgan fingerprint density at radius 3 is 2.68 bits per heavy atom. The molecule has 0 spiro atoms. The molecule has 0 aliphatic heterocycles. The lowest BCUT2D eigenvalue weighted by Crippen LogP contribution is -2.20. The highest BCUT2D eigenvalue weighted by Crippen LogP contribution is 2.29. The molecule has 0 saturated carbocycles. The van der Waals surface area contributed by atoms with Gasteiger partial charge >= 0.3 is 0 Å². The van der Waals surface area contributed by atoms with Crippen LogP contribution in [0.5, 0.6) is 0 Å². The highest BCUT2D eigenvalue weighted by atomic mass is 32.2. The van der Waals surface area contributed by atoms with E-state index in [9.17, 15) is 0 Å². The molecule has 1 N–H and O–H groups in total. The summed E-state index contributed by atoms with van der Waals surface area (Å²) in [7, 11) is 0. The molecular weight excluding hydrogens is 276 g/mol. The van der Waals surface area contributed by atoms with Crippen LogP contribution in [0.3, 0.4) is 0 Å². The van der Waals surface area contributed by atoms with Crippen molar-refractivity contribution in [2.24, 2.45) is 0 Å². The van der Waals surface area contributed by atoms with Crippen molar-refractivity contribution >= 4 is 23.1 Å². The lowest BCUT2D eigenvalue weighted by Gasteiger charge is -2.15. The van der Waals surface area contributed by atoms with Crippen molar-refractivity contribution < 1.29 is 0 Å². The second kappa shape index (κ2) is 6.98. The van der Waals surface area contributed by atoms with E-state index >= 15 is 0 Å². The number of aromatic nitrogens is 3. The summed E-state index contributed by atoms with van der Waals surface area (Å²) in [5, 5.41) is 12.5. The quantitative estimate of drug-likeness (QED) is 0.884. The van der Waals surface area contributed by atoms with Crippen molar-refractivity contribution in [3.05, 3.63) is 29.0 Å². The molecule has 2 aromatic heterocycles. The van der Waals surface area contributed by atoms with Crippen LogP contribution >= 0.6 is 23.1 Å². The summed E-state index contributed by atoms with van der Waals surface area (Å²) in [6, 6.07) is 4.53. The van der Waals surface area contributed by atoms with Gasteiger partial charge in [-0.2, -0.15) is 0 Å². The first kappa shape index (κ1) is 14.4. The van der Waals surface area contributed by atoms with Gasteiger partial charge in [0.05, 0.1) is 5.69 Å². The third-order valence-electron chi connectivity index (χ3n) is 2.69. The molecule has 102 valence electrons. The summed E-state index contributed by atoms with van der Waals surface area (Å²) in [5.74, 6) is 0. The molecule has 0 radical (unpaired) electrons. The van der Waals surface area contributed by atoms with Gasteiger partial charge in [0.25, 0.3) is 0 Å². The van der Waals surface area contributed by atoms with E-state index in [4.69, 9.17) is 0 Å². The van der Waals surface area contributed by atoms with E-state index in [-0.39, 0.29) is 0 Å². The van der Waals surface area contributed by atoms with Gasteiger partial charge in [-0.05, 0) is 32.0 Å². The first-order valence-electron chi connectivity index (χ1n) is 6.40. The van der Waals surface area contributed by atoms with Crippen LogP contribution in [0.25, 0.3) is 0 Å². The molecule has 2 heterocycles. The number of hydrogen-bond acceptors (Lipinski definition) is 6. The van der Waals surface area contributed by atoms with Gasteiger partial charge < -0.3 is 5.32 Å². The van der Waals surface area contributed by atoms with Gasteiger partial charge in [0.15, 0.2) is 4.34 Å². The number of rotatable bonds is 6. The molecule has 1 atom stereocenters. The molecule has 2 rings (SSSR count). The highest BCUT2D eigenvalue weighted by Gasteiger charge is 2.09. The van der Waals surface area contributed by atoms with Crippen LogP contribution in [0.1, 0.15) is 37.0 Å². The maximum Gasteiger partial charge on any atom is 0.179 e. The molecule has 0 saturated heterocycles. The Morgan fingerprint density at radius 1 is 1.32 bits per heavy atom. The van der Waals surface area contributed by atoms with Crippen LogP contribution in [-0.4, -0.2) is 21.7 Å². The lowest BCUT2D eigenvalue weighted by molar-refractivity contribution is 0.524. The molecule has 0 bridgehead atoms. The van der Waals surface area contributed by atoms with Crippen LogP contribution < -0.4 is 5.32 Å². The minimum Gasteiger partial charge on any atom is -0.309 e. The zero-order chi connectivity index (χ0) is 13.7. The van der Waals surface area contributed by atoms with E-state index in [2.05, 4.69) is 46.5 Å². The smallest absolute Gasteiger partial charge is 0.179 e. The van der Waals surface area contributed by atoms with Gasteiger partial charge in [-0.25, -0.2) is 0 Å². The van der Waals surface area contributed by atoms with Crippen LogP contribution in [0.2, 0.25) is 0 Å². The Kier molecular flexibility index (Phi) is 5.30. The van der Waals surface area contributed by atoms with Crippen molar-refractivity contribution in [3.63, 3.8) is 0 Å². The van der Waals surface area contributed by atoms with E-state index in [1.54, 1.807) is 23.1 Å². The first-order chi connectivity index (χ1) is 9.22. The van der Waals surface area contributed by atoms with E-state index < -0.39 is 0 Å². The zero-order valence-corrected chi connectivity index (χ0v) is 13.0. The maximum atomic E-state index is 4.54. The van der Waals surface area contributed by atoms with Gasteiger partial charge in [0.1, 0.15) is 5.01 Å². The molecule has 0 aliphatic carbocycles. The molecule has 19 heavy (non-hydrogen) atoms. The molecule has 2 aromatic rings. The summed E-state index contributed by atoms with van der Waals surface area (Å²) in [5.41, 5.74) is 1.10. The zero-order valence-electron chi connectivity index (χ0n) is 11.4. The molecule has 0 amide bonds. The van der Waals surface area contributed by atoms with Crippen LogP contribution in [-0.2, 0) is 0 Å². The van der Waals surface area contributed by atoms with Crippen molar-refractivity contribution in [2.45, 2.75) is 42.5 Å². The standard InChI is InChI=1S/C13H18N4S2/c1-4-11(14-5-2)12-7-6-10(8-15-12)19-13-17-16-9(3)18-13/h6-8,11,14H,4-5H2,1-3H3. The fourth-order valence-electron chi connectivity index (χ4n) is 1.78. The third kappa shape index (κ3) is 3.99. The number of pyridine rings is 1. The second-order valence-electron chi connectivity index (χ2n) is 4.13. The third-order valence-corrected chi connectivity index (χ3v) is 4.55. The summed E-state index contributed by atoms with van der Waals surface area (Å²) in [6.07, 6.45) is 2.96. The summed E-state index contributed by atoms with van der Waals surface area (Å²) in [6.45, 7) is 7.21. The largest absolute Gasteiger partial charge is 0.309 e. The van der Waals surface area contributed by atoms with Crippen molar-refractivity contribution in [3.8, 4) is 0 Å². The van der Waals surface area contributed by atoms with Crippen LogP contribution in [0.15, 0.2) is 27.6 Å². The number of nitrogens with zero attached hydrogens (tertiary/aromatic N) is 3. The molecular formula is C13H18N4S2. The fraction of sp³-hybridized carbons (Fsp3) is 0.462. The monoisotopic (exact) mass is 294 g/mol. The normalized spacial score (nSPS) is 12.6. The van der Waals surface area contributed by atoms with Crippen molar-refractivity contribution in [1.82, 2.24) is 20.5 Å². The van der Waals surface area contributed by atoms with Gasteiger partial charge in [-0.1, -0.05) is 36.9 Å². The average Bonchev–Trinajstić information content (AvgIpc) is 2.82. The van der Waals surface area contributed by atoms with E-state index in [0.717, 1.165) is 32.9 Å². The topological polar surface area (TPSA) is 50.7 Å². The van der Waals surface area contributed by atoms with Crippen LogP contribution in [0.4, 0.5) is 0 Å². The minimum absolute atomic E-state index is 0.341. The average molecular weight is 294 g/mol. The first-order valence-corrected chi connectivity index (χ1v) is 8.03. The highest BCUT2D eigenvalue weighted by molar-refractivity contribution is 8.01. The lowest BCUT2D eigenvalue weighted by atomic mass is 10.1. The predicted molar refractivity (Wildman–Crippen MR) is 79.7 cm³/mol. The molecule has 1 unspecified atom stereocenters. The Balaban J connectivity index is 2.05. The molecule has 4 nitrogen and oxygen atoms in total. The summed E-state index contributed by atoms with van der Waals surface area (Å²) < 4.78 is 0.964. The van der Waals surface area contributed by atoms with E-state index in [1.165, 1.54) is 0 Å². The predicted octanol–water partition coefficient (Wildman–Crippen LogP) is 3.45. The molecule has 0 fully saturated rings. The second-order valence-corrected chi connectivity index (χ2v) is 6.63. The Bertz CT molecular complexity index is 510. The fourth-order valence-corrected chi connectivity index (χ4v) is 3.54. The molecule has 0 aromatic carbocycles. The Morgan fingerprint density at radius 2 is 2.16 bits per heavy atom.